The molecule has 2 amide bonds. The van der Waals surface area contributed by atoms with Crippen molar-refractivity contribution in [2.75, 3.05) is 32.0 Å². The van der Waals surface area contributed by atoms with Crippen molar-refractivity contribution in [3.05, 3.63) is 30.3 Å². The highest BCUT2D eigenvalue weighted by Crippen LogP contribution is 2.27. The summed E-state index contributed by atoms with van der Waals surface area (Å²) in [5, 5.41) is 5.89. The van der Waals surface area contributed by atoms with Crippen LogP contribution in [0.3, 0.4) is 0 Å². The summed E-state index contributed by atoms with van der Waals surface area (Å²) in [4.78, 5) is 25.1. The second kappa shape index (κ2) is 8.64. The van der Waals surface area contributed by atoms with E-state index in [4.69, 9.17) is 0 Å². The molecule has 0 spiro atoms. The van der Waals surface area contributed by atoms with E-state index in [2.05, 4.69) is 10.6 Å². The van der Waals surface area contributed by atoms with Gasteiger partial charge in [0.15, 0.2) is 0 Å². The molecule has 2 N–H and O–H groups in total. The average molecular weight is 312 g/mol. The van der Waals surface area contributed by atoms with Gasteiger partial charge in [-0.05, 0) is 37.4 Å². The summed E-state index contributed by atoms with van der Waals surface area (Å²) < 4.78 is 0. The van der Waals surface area contributed by atoms with Crippen LogP contribution in [0.2, 0.25) is 0 Å². The van der Waals surface area contributed by atoms with Gasteiger partial charge in [-0.3, -0.25) is 9.59 Å². The second-order valence-electron chi connectivity index (χ2n) is 5.24. The molecule has 0 atom stereocenters. The fourth-order valence-corrected chi connectivity index (χ4v) is 1.87. The number of benzene rings is 1. The lowest BCUT2D eigenvalue weighted by Gasteiger charge is -2.17. The predicted molar refractivity (Wildman–Crippen MR) is 85.6 cm³/mol. The first-order valence-electron chi connectivity index (χ1n) is 6.94. The van der Waals surface area contributed by atoms with Crippen LogP contribution in [0.1, 0.15) is 12.8 Å². The van der Waals surface area contributed by atoms with Gasteiger partial charge in [-0.25, -0.2) is 0 Å². The van der Waals surface area contributed by atoms with E-state index < -0.39 is 0 Å². The summed E-state index contributed by atoms with van der Waals surface area (Å²) in [6.07, 6.45) is 2.52. The van der Waals surface area contributed by atoms with Crippen molar-refractivity contribution in [3.63, 3.8) is 0 Å². The van der Waals surface area contributed by atoms with E-state index in [0.29, 0.717) is 6.54 Å². The number of amides is 2. The lowest BCUT2D eigenvalue weighted by molar-refractivity contribution is -0.132. The molecular weight excluding hydrogens is 290 g/mol. The minimum absolute atomic E-state index is 0. The largest absolute Gasteiger partial charge is 0.335 e. The van der Waals surface area contributed by atoms with Crippen molar-refractivity contribution in [2.45, 2.75) is 12.8 Å². The molecule has 0 heterocycles. The molecule has 0 saturated heterocycles. The number of likely N-dealkylation sites (N-methyl/N-ethyl adjacent to an activating group) is 1. The van der Waals surface area contributed by atoms with Crippen LogP contribution in [-0.2, 0) is 9.59 Å². The third-order valence-electron chi connectivity index (χ3n) is 3.27. The molecule has 1 aromatic carbocycles. The van der Waals surface area contributed by atoms with Crippen LogP contribution < -0.4 is 10.6 Å². The van der Waals surface area contributed by atoms with Gasteiger partial charge in [-0.2, -0.15) is 0 Å². The smallest absolute Gasteiger partial charge is 0.243 e. The molecule has 2 rings (SSSR count). The molecule has 21 heavy (non-hydrogen) atoms. The Balaban J connectivity index is 0.00000220. The van der Waals surface area contributed by atoms with Crippen LogP contribution in [-0.4, -0.2) is 43.4 Å². The van der Waals surface area contributed by atoms with Gasteiger partial charge < -0.3 is 15.5 Å². The van der Waals surface area contributed by atoms with Crippen LogP contribution in [0.15, 0.2) is 30.3 Å². The summed E-state index contributed by atoms with van der Waals surface area (Å²) in [6.45, 7) is 1.26. The van der Waals surface area contributed by atoms with E-state index in [1.54, 1.807) is 7.05 Å². The van der Waals surface area contributed by atoms with Gasteiger partial charge in [-0.1, -0.05) is 18.2 Å². The van der Waals surface area contributed by atoms with E-state index >= 15 is 0 Å². The first kappa shape index (κ1) is 17.5. The number of nitrogens with zero attached hydrogens (tertiary/aromatic N) is 1. The SMILES string of the molecule is CN(CC(=O)Nc1ccccc1)C(=O)CNCC1CC1.Cl. The first-order valence-corrected chi connectivity index (χ1v) is 6.94. The first-order chi connectivity index (χ1) is 9.65. The molecule has 5 nitrogen and oxygen atoms in total. The van der Waals surface area contributed by atoms with E-state index in [1.807, 2.05) is 30.3 Å². The zero-order chi connectivity index (χ0) is 14.4. The number of rotatable bonds is 7. The van der Waals surface area contributed by atoms with Crippen LogP contribution in [0.5, 0.6) is 0 Å². The van der Waals surface area contributed by atoms with Gasteiger partial charge in [0.05, 0.1) is 13.1 Å². The molecule has 116 valence electrons. The van der Waals surface area contributed by atoms with E-state index in [9.17, 15) is 9.59 Å². The molecule has 0 radical (unpaired) electrons. The molecule has 1 saturated carbocycles. The predicted octanol–water partition coefficient (Wildman–Crippen LogP) is 1.50. The molecule has 1 aliphatic carbocycles. The summed E-state index contributed by atoms with van der Waals surface area (Å²) in [5.41, 5.74) is 0.741. The molecule has 0 aliphatic heterocycles. The third kappa shape index (κ3) is 6.60. The maximum atomic E-state index is 11.8. The zero-order valence-corrected chi connectivity index (χ0v) is 13.0. The van der Waals surface area contributed by atoms with E-state index in [1.165, 1.54) is 17.7 Å². The molecule has 1 fully saturated rings. The number of nitrogens with one attached hydrogen (secondary N) is 2. The van der Waals surface area contributed by atoms with Gasteiger partial charge in [0.25, 0.3) is 0 Å². The number of halogens is 1. The topological polar surface area (TPSA) is 61.4 Å². The Bertz CT molecular complexity index is 463. The Morgan fingerprint density at radius 2 is 1.90 bits per heavy atom. The van der Waals surface area contributed by atoms with Gasteiger partial charge in [0.1, 0.15) is 0 Å². The van der Waals surface area contributed by atoms with Crippen molar-refractivity contribution in [3.8, 4) is 0 Å². The molecule has 0 aromatic heterocycles. The molecule has 0 bridgehead atoms. The van der Waals surface area contributed by atoms with Gasteiger partial charge >= 0.3 is 0 Å². The van der Waals surface area contributed by atoms with Crippen molar-refractivity contribution < 1.29 is 9.59 Å². The Morgan fingerprint density at radius 3 is 2.52 bits per heavy atom. The summed E-state index contributed by atoms with van der Waals surface area (Å²) in [6, 6.07) is 9.23. The highest BCUT2D eigenvalue weighted by Gasteiger charge is 2.21. The van der Waals surface area contributed by atoms with Crippen LogP contribution in [0.25, 0.3) is 0 Å². The standard InChI is InChI=1S/C15H21N3O2.ClH/c1-18(15(20)10-16-9-12-7-8-12)11-14(19)17-13-5-3-2-4-6-13;/h2-6,12,16H,7-11H2,1H3,(H,17,19);1H. The lowest BCUT2D eigenvalue weighted by atomic mass is 10.3. The molecular formula is C15H22ClN3O2. The van der Waals surface area contributed by atoms with Crippen LogP contribution in [0.4, 0.5) is 5.69 Å². The third-order valence-corrected chi connectivity index (χ3v) is 3.27. The minimum Gasteiger partial charge on any atom is -0.335 e. The normalized spacial score (nSPS) is 13.2. The molecule has 6 heteroatoms. The number of hydrogen-bond donors (Lipinski definition) is 2. The van der Waals surface area contributed by atoms with Crippen molar-refractivity contribution in [2.24, 2.45) is 5.92 Å². The Hall–Kier alpha value is -1.59. The maximum Gasteiger partial charge on any atom is 0.243 e. The quantitative estimate of drug-likeness (QED) is 0.802. The zero-order valence-electron chi connectivity index (χ0n) is 12.2. The number of carbonyl (C=O) groups is 2. The highest BCUT2D eigenvalue weighted by molar-refractivity contribution is 5.94. The summed E-state index contributed by atoms with van der Waals surface area (Å²) in [7, 11) is 1.64. The lowest BCUT2D eigenvalue weighted by Crippen LogP contribution is -2.40. The molecule has 0 unspecified atom stereocenters. The number of carbonyl (C=O) groups excluding carboxylic acids is 2. The summed E-state index contributed by atoms with van der Waals surface area (Å²) in [5.74, 6) is 0.498. The van der Waals surface area contributed by atoms with Crippen molar-refractivity contribution >= 4 is 29.9 Å². The van der Waals surface area contributed by atoms with Gasteiger partial charge in [0.2, 0.25) is 11.8 Å². The monoisotopic (exact) mass is 311 g/mol. The maximum absolute atomic E-state index is 11.8. The number of hydrogen-bond acceptors (Lipinski definition) is 3. The Labute approximate surface area is 131 Å². The van der Waals surface area contributed by atoms with Crippen LogP contribution in [0, 0.1) is 5.92 Å². The Morgan fingerprint density at radius 1 is 1.24 bits per heavy atom. The van der Waals surface area contributed by atoms with Crippen molar-refractivity contribution in [1.29, 1.82) is 0 Å². The fraction of sp³-hybridized carbons (Fsp3) is 0.467. The van der Waals surface area contributed by atoms with E-state index in [0.717, 1.165) is 18.2 Å². The Kier molecular flexibility index (Phi) is 7.19. The average Bonchev–Trinajstić information content (AvgIpc) is 3.23. The van der Waals surface area contributed by atoms with Gasteiger partial charge in [-0.15, -0.1) is 12.4 Å². The van der Waals surface area contributed by atoms with Crippen molar-refractivity contribution in [1.82, 2.24) is 10.2 Å². The second-order valence-corrected chi connectivity index (χ2v) is 5.24. The minimum atomic E-state index is -0.186. The number of anilines is 1. The van der Waals surface area contributed by atoms with Crippen LogP contribution >= 0.6 is 12.4 Å². The molecule has 1 aliphatic rings. The molecule has 1 aromatic rings. The fourth-order valence-electron chi connectivity index (χ4n) is 1.87. The number of para-hydroxylation sites is 1. The van der Waals surface area contributed by atoms with E-state index in [-0.39, 0.29) is 30.8 Å². The summed E-state index contributed by atoms with van der Waals surface area (Å²) >= 11 is 0. The highest BCUT2D eigenvalue weighted by atomic mass is 35.5. The van der Waals surface area contributed by atoms with Gasteiger partial charge in [0, 0.05) is 12.7 Å².